The van der Waals surface area contributed by atoms with E-state index in [-0.39, 0.29) is 17.6 Å². The molecule has 0 spiro atoms. The maximum Gasteiger partial charge on any atom is 0.226 e. The summed E-state index contributed by atoms with van der Waals surface area (Å²) >= 11 is 0. The van der Waals surface area contributed by atoms with Crippen molar-refractivity contribution in [2.45, 2.75) is 45.6 Å². The second kappa shape index (κ2) is 8.93. The van der Waals surface area contributed by atoms with Gasteiger partial charge in [0.15, 0.2) is 5.78 Å². The van der Waals surface area contributed by atoms with Gasteiger partial charge in [-0.15, -0.1) is 0 Å². The van der Waals surface area contributed by atoms with Crippen molar-refractivity contribution in [2.24, 2.45) is 5.92 Å². The Hall–Kier alpha value is -1.16. The average Bonchev–Trinajstić information content (AvgIpc) is 2.32. The fourth-order valence-electron chi connectivity index (χ4n) is 1.46. The van der Waals surface area contributed by atoms with Crippen LogP contribution in [0.5, 0.6) is 0 Å². The number of nitrogens with one attached hydrogen (secondary N) is 1. The molecule has 2 unspecified atom stereocenters. The van der Waals surface area contributed by atoms with Crippen LogP contribution in [0.15, 0.2) is 12.2 Å². The first-order valence-electron chi connectivity index (χ1n) is 6.14. The lowest BCUT2D eigenvalue weighted by atomic mass is 9.99. The van der Waals surface area contributed by atoms with Gasteiger partial charge in [0.1, 0.15) is 6.10 Å². The number of ketones is 1. The first-order chi connectivity index (χ1) is 8.02. The topological polar surface area (TPSA) is 66.4 Å². The lowest BCUT2D eigenvalue weighted by molar-refractivity contribution is -0.123. The fraction of sp³-hybridized carbons (Fsp3) is 0.692. The molecule has 0 aromatic heterocycles. The van der Waals surface area contributed by atoms with Gasteiger partial charge in [0, 0.05) is 7.05 Å². The number of carbonyl (C=O) groups excluding carboxylic acids is 2. The van der Waals surface area contributed by atoms with Crippen molar-refractivity contribution in [1.82, 2.24) is 5.32 Å². The minimum absolute atomic E-state index is 0.0873. The standard InChI is InChI=1S/C13H23NO3/c1-4-5-6-7-11(13(17)14-3)8-9-12(16)10(2)15/h8-11,15H,4-7H2,1-3H3,(H,14,17)/b9-8-. The summed E-state index contributed by atoms with van der Waals surface area (Å²) in [5.74, 6) is -0.737. The molecule has 0 aromatic carbocycles. The number of carbonyl (C=O) groups is 2. The van der Waals surface area contributed by atoms with Crippen molar-refractivity contribution >= 4 is 11.7 Å². The van der Waals surface area contributed by atoms with E-state index in [9.17, 15) is 9.59 Å². The molecule has 0 radical (unpaired) electrons. The third kappa shape index (κ3) is 6.89. The van der Waals surface area contributed by atoms with E-state index in [1.807, 2.05) is 0 Å². The van der Waals surface area contributed by atoms with Crippen LogP contribution < -0.4 is 5.32 Å². The molecular weight excluding hydrogens is 218 g/mol. The molecule has 4 nitrogen and oxygen atoms in total. The molecule has 0 aliphatic carbocycles. The Morgan fingerprint density at radius 2 is 2.00 bits per heavy atom. The summed E-state index contributed by atoms with van der Waals surface area (Å²) in [5.41, 5.74) is 0. The zero-order chi connectivity index (χ0) is 13.3. The quantitative estimate of drug-likeness (QED) is 0.499. The number of unbranched alkanes of at least 4 members (excludes halogenated alkanes) is 2. The molecule has 0 heterocycles. The van der Waals surface area contributed by atoms with E-state index in [1.54, 1.807) is 13.1 Å². The summed E-state index contributed by atoms with van der Waals surface area (Å²) in [5, 5.41) is 11.6. The van der Waals surface area contributed by atoms with Gasteiger partial charge in [-0.25, -0.2) is 0 Å². The SMILES string of the molecule is CCCCCC(/C=C\C(=O)C(C)O)C(=O)NC. The zero-order valence-corrected chi connectivity index (χ0v) is 10.9. The van der Waals surface area contributed by atoms with Gasteiger partial charge in [0.2, 0.25) is 5.91 Å². The minimum atomic E-state index is -1.01. The number of rotatable bonds is 8. The molecule has 98 valence electrons. The molecule has 2 atom stereocenters. The summed E-state index contributed by atoms with van der Waals surface area (Å²) in [7, 11) is 1.58. The maximum absolute atomic E-state index is 11.6. The van der Waals surface area contributed by atoms with Crippen LogP contribution in [-0.2, 0) is 9.59 Å². The highest BCUT2D eigenvalue weighted by Crippen LogP contribution is 2.12. The van der Waals surface area contributed by atoms with Crippen molar-refractivity contribution in [3.63, 3.8) is 0 Å². The van der Waals surface area contributed by atoms with E-state index in [0.717, 1.165) is 25.7 Å². The van der Waals surface area contributed by atoms with Crippen molar-refractivity contribution in [3.8, 4) is 0 Å². The van der Waals surface area contributed by atoms with E-state index in [1.165, 1.54) is 13.0 Å². The summed E-state index contributed by atoms with van der Waals surface area (Å²) in [6, 6.07) is 0. The number of amides is 1. The van der Waals surface area contributed by atoms with Gasteiger partial charge >= 0.3 is 0 Å². The van der Waals surface area contributed by atoms with Gasteiger partial charge in [0.05, 0.1) is 5.92 Å². The average molecular weight is 241 g/mol. The molecule has 17 heavy (non-hydrogen) atoms. The number of hydrogen-bond donors (Lipinski definition) is 2. The summed E-state index contributed by atoms with van der Waals surface area (Å²) < 4.78 is 0. The van der Waals surface area contributed by atoms with Gasteiger partial charge in [0.25, 0.3) is 0 Å². The maximum atomic E-state index is 11.6. The van der Waals surface area contributed by atoms with E-state index in [0.29, 0.717) is 0 Å². The predicted octanol–water partition coefficient (Wildman–Crippen LogP) is 1.43. The number of aliphatic hydroxyl groups is 1. The van der Waals surface area contributed by atoms with Gasteiger partial charge in [-0.3, -0.25) is 9.59 Å². The lowest BCUT2D eigenvalue weighted by Crippen LogP contribution is -2.26. The van der Waals surface area contributed by atoms with Gasteiger partial charge in [-0.2, -0.15) is 0 Å². The van der Waals surface area contributed by atoms with Crippen molar-refractivity contribution in [2.75, 3.05) is 7.05 Å². The van der Waals surface area contributed by atoms with E-state index in [4.69, 9.17) is 5.11 Å². The van der Waals surface area contributed by atoms with E-state index in [2.05, 4.69) is 12.2 Å². The van der Waals surface area contributed by atoms with Crippen LogP contribution in [0.2, 0.25) is 0 Å². The van der Waals surface area contributed by atoms with Crippen LogP contribution in [0.1, 0.15) is 39.5 Å². The highest BCUT2D eigenvalue weighted by atomic mass is 16.3. The van der Waals surface area contributed by atoms with Crippen LogP contribution in [0.4, 0.5) is 0 Å². The Balaban J connectivity index is 4.37. The molecule has 2 N–H and O–H groups in total. The molecule has 0 saturated heterocycles. The second-order valence-electron chi connectivity index (χ2n) is 4.15. The molecule has 0 bridgehead atoms. The Morgan fingerprint density at radius 3 is 2.47 bits per heavy atom. The Kier molecular flexibility index (Phi) is 8.32. The zero-order valence-electron chi connectivity index (χ0n) is 10.9. The van der Waals surface area contributed by atoms with Crippen LogP contribution >= 0.6 is 0 Å². The smallest absolute Gasteiger partial charge is 0.226 e. The normalized spacial score (nSPS) is 14.6. The Morgan fingerprint density at radius 1 is 1.35 bits per heavy atom. The highest BCUT2D eigenvalue weighted by molar-refractivity contribution is 5.93. The molecule has 1 amide bonds. The van der Waals surface area contributed by atoms with Crippen LogP contribution in [0, 0.1) is 5.92 Å². The Labute approximate surface area is 103 Å². The predicted molar refractivity (Wildman–Crippen MR) is 67.5 cm³/mol. The van der Waals surface area contributed by atoms with Gasteiger partial charge in [-0.05, 0) is 19.4 Å². The molecule has 0 rings (SSSR count). The second-order valence-corrected chi connectivity index (χ2v) is 4.15. The monoisotopic (exact) mass is 241 g/mol. The van der Waals surface area contributed by atoms with E-state index < -0.39 is 6.10 Å². The largest absolute Gasteiger partial charge is 0.385 e. The summed E-state index contributed by atoms with van der Waals surface area (Å²) in [6.07, 6.45) is 5.74. The lowest BCUT2D eigenvalue weighted by Gasteiger charge is -2.10. The van der Waals surface area contributed by atoms with Crippen molar-refractivity contribution < 1.29 is 14.7 Å². The molecular formula is C13H23NO3. The molecule has 0 aliphatic heterocycles. The first kappa shape index (κ1) is 15.8. The number of hydrogen-bond acceptors (Lipinski definition) is 3. The van der Waals surface area contributed by atoms with Crippen LogP contribution in [0.25, 0.3) is 0 Å². The molecule has 0 aliphatic rings. The van der Waals surface area contributed by atoms with Crippen LogP contribution in [0.3, 0.4) is 0 Å². The van der Waals surface area contributed by atoms with Crippen LogP contribution in [-0.4, -0.2) is 29.9 Å². The molecule has 0 saturated carbocycles. The minimum Gasteiger partial charge on any atom is -0.385 e. The van der Waals surface area contributed by atoms with Gasteiger partial charge < -0.3 is 10.4 Å². The summed E-state index contributed by atoms with van der Waals surface area (Å²) in [4.78, 5) is 22.8. The summed E-state index contributed by atoms with van der Waals surface area (Å²) in [6.45, 7) is 3.51. The third-order valence-corrected chi connectivity index (χ3v) is 2.61. The molecule has 0 aromatic rings. The molecule has 0 fully saturated rings. The third-order valence-electron chi connectivity index (χ3n) is 2.61. The first-order valence-corrected chi connectivity index (χ1v) is 6.14. The highest BCUT2D eigenvalue weighted by Gasteiger charge is 2.14. The van der Waals surface area contributed by atoms with Crippen molar-refractivity contribution in [1.29, 1.82) is 0 Å². The molecule has 4 heteroatoms. The fourth-order valence-corrected chi connectivity index (χ4v) is 1.46. The van der Waals surface area contributed by atoms with E-state index >= 15 is 0 Å². The van der Waals surface area contributed by atoms with Gasteiger partial charge in [-0.1, -0.05) is 32.3 Å². The van der Waals surface area contributed by atoms with Crippen molar-refractivity contribution in [3.05, 3.63) is 12.2 Å². The Bertz CT molecular complexity index is 272. The number of aliphatic hydroxyl groups excluding tert-OH is 1.